The van der Waals surface area contributed by atoms with E-state index >= 15 is 0 Å². The van der Waals surface area contributed by atoms with Gasteiger partial charge in [-0.3, -0.25) is 0 Å². The van der Waals surface area contributed by atoms with Crippen LogP contribution in [0.2, 0.25) is 15.2 Å². The second-order valence-electron chi connectivity index (χ2n) is 4.96. The zero-order chi connectivity index (χ0) is 14.9. The second-order valence-corrected chi connectivity index (χ2v) is 6.40. The molecule has 0 aliphatic carbocycles. The van der Waals surface area contributed by atoms with Gasteiger partial charge in [0, 0.05) is 5.56 Å². The van der Waals surface area contributed by atoms with Crippen molar-refractivity contribution >= 4 is 46.4 Å². The van der Waals surface area contributed by atoms with Gasteiger partial charge in [0.15, 0.2) is 0 Å². The van der Waals surface area contributed by atoms with Crippen LogP contribution in [0.4, 0.5) is 0 Å². The van der Waals surface area contributed by atoms with Crippen LogP contribution in [-0.4, -0.2) is 9.78 Å². The minimum absolute atomic E-state index is 0.336. The van der Waals surface area contributed by atoms with Crippen molar-refractivity contribution in [2.24, 2.45) is 5.92 Å². The molecule has 0 saturated carbocycles. The largest absolute Gasteiger partial charge is 0.222 e. The van der Waals surface area contributed by atoms with E-state index in [9.17, 15) is 0 Å². The molecule has 20 heavy (non-hydrogen) atoms. The Labute approximate surface area is 138 Å². The van der Waals surface area contributed by atoms with Crippen LogP contribution in [0.15, 0.2) is 18.2 Å². The number of halogens is 4. The van der Waals surface area contributed by atoms with Gasteiger partial charge >= 0.3 is 0 Å². The Bertz CT molecular complexity index is 620. The van der Waals surface area contributed by atoms with Crippen LogP contribution in [0.1, 0.15) is 25.1 Å². The summed E-state index contributed by atoms with van der Waals surface area (Å²) in [5.74, 6) is 0.813. The maximum Gasteiger partial charge on any atom is 0.137 e. The molecule has 2 nitrogen and oxygen atoms in total. The summed E-state index contributed by atoms with van der Waals surface area (Å²) in [6.07, 6.45) is 0.829. The molecule has 0 radical (unpaired) electrons. The highest BCUT2D eigenvalue weighted by Gasteiger charge is 2.17. The Balaban J connectivity index is 2.51. The average Bonchev–Trinajstić information content (AvgIpc) is 2.68. The standard InChI is InChI=1S/C14H14Cl4N2/c1-8(2)5-13-10(7-15)14(18)20(19-13)9-3-4-11(16)12(17)6-9/h3-4,6,8H,5,7H2,1-2H3. The molecule has 0 unspecified atom stereocenters. The Morgan fingerprint density at radius 3 is 2.40 bits per heavy atom. The van der Waals surface area contributed by atoms with Gasteiger partial charge in [-0.05, 0) is 30.5 Å². The number of hydrogen-bond acceptors (Lipinski definition) is 1. The lowest BCUT2D eigenvalue weighted by Gasteiger charge is -2.05. The van der Waals surface area contributed by atoms with Crippen molar-refractivity contribution in [3.8, 4) is 5.69 Å². The maximum atomic E-state index is 6.38. The molecule has 0 amide bonds. The summed E-state index contributed by atoms with van der Waals surface area (Å²) in [4.78, 5) is 0. The van der Waals surface area contributed by atoms with Crippen LogP contribution in [0.5, 0.6) is 0 Å². The van der Waals surface area contributed by atoms with Crippen LogP contribution < -0.4 is 0 Å². The third-order valence-corrected chi connectivity index (χ3v) is 4.28. The fourth-order valence-electron chi connectivity index (χ4n) is 1.94. The van der Waals surface area contributed by atoms with Crippen molar-refractivity contribution in [2.45, 2.75) is 26.1 Å². The van der Waals surface area contributed by atoms with Crippen LogP contribution in [0.25, 0.3) is 5.69 Å². The van der Waals surface area contributed by atoms with Gasteiger partial charge in [0.25, 0.3) is 0 Å². The molecule has 0 aliphatic rings. The molecule has 1 heterocycles. The van der Waals surface area contributed by atoms with Crippen molar-refractivity contribution in [2.75, 3.05) is 0 Å². The van der Waals surface area contributed by atoms with E-state index in [1.165, 1.54) is 0 Å². The predicted molar refractivity (Wildman–Crippen MR) is 86.7 cm³/mol. The smallest absolute Gasteiger partial charge is 0.137 e. The zero-order valence-electron chi connectivity index (χ0n) is 11.1. The molecule has 0 aliphatic heterocycles. The monoisotopic (exact) mass is 350 g/mol. The number of benzene rings is 1. The van der Waals surface area contributed by atoms with Gasteiger partial charge in [-0.1, -0.05) is 48.7 Å². The van der Waals surface area contributed by atoms with Gasteiger partial charge in [0.1, 0.15) is 5.15 Å². The quantitative estimate of drug-likeness (QED) is 0.639. The van der Waals surface area contributed by atoms with Gasteiger partial charge < -0.3 is 0 Å². The number of nitrogens with zero attached hydrogens (tertiary/aromatic N) is 2. The number of hydrogen-bond donors (Lipinski definition) is 0. The van der Waals surface area contributed by atoms with Crippen molar-refractivity contribution in [3.63, 3.8) is 0 Å². The van der Waals surface area contributed by atoms with Gasteiger partial charge in [0.05, 0.1) is 27.3 Å². The van der Waals surface area contributed by atoms with Crippen LogP contribution >= 0.6 is 46.4 Å². The fraction of sp³-hybridized carbons (Fsp3) is 0.357. The summed E-state index contributed by atoms with van der Waals surface area (Å²) >= 11 is 24.3. The van der Waals surface area contributed by atoms with E-state index in [4.69, 9.17) is 46.4 Å². The molecule has 0 spiro atoms. The Morgan fingerprint density at radius 2 is 1.85 bits per heavy atom. The minimum atomic E-state index is 0.336. The summed E-state index contributed by atoms with van der Waals surface area (Å²) in [6, 6.07) is 5.28. The molecule has 0 saturated heterocycles. The first-order chi connectivity index (χ1) is 9.43. The van der Waals surface area contributed by atoms with Gasteiger partial charge in [-0.2, -0.15) is 5.10 Å². The molecular weight excluding hydrogens is 338 g/mol. The number of alkyl halides is 1. The highest BCUT2D eigenvalue weighted by atomic mass is 35.5. The molecule has 108 valence electrons. The highest BCUT2D eigenvalue weighted by molar-refractivity contribution is 6.42. The molecule has 1 aromatic heterocycles. The minimum Gasteiger partial charge on any atom is -0.222 e. The second kappa shape index (κ2) is 6.57. The van der Waals surface area contributed by atoms with E-state index in [0.29, 0.717) is 27.0 Å². The molecule has 0 bridgehead atoms. The molecule has 2 aromatic rings. The van der Waals surface area contributed by atoms with Crippen molar-refractivity contribution in [3.05, 3.63) is 44.7 Å². The molecule has 2 rings (SSSR count). The van der Waals surface area contributed by atoms with Gasteiger partial charge in [-0.25, -0.2) is 4.68 Å². The topological polar surface area (TPSA) is 17.8 Å². The van der Waals surface area contributed by atoms with E-state index in [2.05, 4.69) is 18.9 Å². The number of aromatic nitrogens is 2. The molecule has 0 N–H and O–H groups in total. The maximum absolute atomic E-state index is 6.38. The lowest BCUT2D eigenvalue weighted by atomic mass is 10.1. The Morgan fingerprint density at radius 1 is 1.15 bits per heavy atom. The summed E-state index contributed by atoms with van der Waals surface area (Å²) in [6.45, 7) is 4.26. The van der Waals surface area contributed by atoms with E-state index in [-0.39, 0.29) is 0 Å². The van der Waals surface area contributed by atoms with Crippen LogP contribution in [-0.2, 0) is 12.3 Å². The van der Waals surface area contributed by atoms with E-state index in [0.717, 1.165) is 23.4 Å². The van der Waals surface area contributed by atoms with Crippen molar-refractivity contribution in [1.29, 1.82) is 0 Å². The van der Waals surface area contributed by atoms with Gasteiger partial charge in [0.2, 0.25) is 0 Å². The zero-order valence-corrected chi connectivity index (χ0v) is 14.2. The molecule has 1 aromatic carbocycles. The van der Waals surface area contributed by atoms with Crippen LogP contribution in [0, 0.1) is 5.92 Å². The number of rotatable bonds is 4. The van der Waals surface area contributed by atoms with Crippen molar-refractivity contribution < 1.29 is 0 Å². The summed E-state index contributed by atoms with van der Waals surface area (Å²) in [5, 5.41) is 6.05. The normalized spacial score (nSPS) is 11.3. The fourth-order valence-corrected chi connectivity index (χ4v) is 2.90. The molecular formula is C14H14Cl4N2. The van der Waals surface area contributed by atoms with Gasteiger partial charge in [-0.15, -0.1) is 11.6 Å². The average molecular weight is 352 g/mol. The third kappa shape index (κ3) is 3.25. The molecule has 0 atom stereocenters. The third-order valence-electron chi connectivity index (χ3n) is 2.89. The SMILES string of the molecule is CC(C)Cc1nn(-c2ccc(Cl)c(Cl)c2)c(Cl)c1CCl. The van der Waals surface area contributed by atoms with E-state index in [1.807, 2.05) is 6.07 Å². The summed E-state index contributed by atoms with van der Waals surface area (Å²) < 4.78 is 1.65. The predicted octanol–water partition coefficient (Wildman–Crippen LogP) is 5.77. The first-order valence-corrected chi connectivity index (χ1v) is 7.88. The lowest BCUT2D eigenvalue weighted by molar-refractivity contribution is 0.626. The summed E-state index contributed by atoms with van der Waals surface area (Å²) in [7, 11) is 0. The molecule has 6 heteroatoms. The van der Waals surface area contributed by atoms with Crippen LogP contribution in [0.3, 0.4) is 0 Å². The molecule has 0 fully saturated rings. The summed E-state index contributed by atoms with van der Waals surface area (Å²) in [5.41, 5.74) is 2.56. The van der Waals surface area contributed by atoms with E-state index < -0.39 is 0 Å². The van der Waals surface area contributed by atoms with E-state index in [1.54, 1.807) is 16.8 Å². The highest BCUT2D eigenvalue weighted by Crippen LogP contribution is 2.30. The lowest BCUT2D eigenvalue weighted by Crippen LogP contribution is -2.00. The first-order valence-electron chi connectivity index (χ1n) is 6.21. The first kappa shape index (κ1) is 16.0. The van der Waals surface area contributed by atoms with Crippen molar-refractivity contribution in [1.82, 2.24) is 9.78 Å². The Kier molecular flexibility index (Phi) is 5.25. The Hall–Kier alpha value is -0.410.